The fourth-order valence-corrected chi connectivity index (χ4v) is 2.37. The first-order chi connectivity index (χ1) is 8.90. The van der Waals surface area contributed by atoms with Gasteiger partial charge in [-0.2, -0.15) is 0 Å². The molecule has 2 atom stereocenters. The van der Waals surface area contributed by atoms with Crippen molar-refractivity contribution in [3.8, 4) is 0 Å². The molecule has 0 aliphatic carbocycles. The van der Waals surface area contributed by atoms with Gasteiger partial charge in [0.2, 0.25) is 0 Å². The highest BCUT2D eigenvalue weighted by Crippen LogP contribution is 2.20. The molecule has 0 aromatic heterocycles. The first-order valence-electron chi connectivity index (χ1n) is 6.93. The first-order valence-corrected chi connectivity index (χ1v) is 7.31. The van der Waals surface area contributed by atoms with Crippen molar-refractivity contribution in [1.82, 2.24) is 0 Å². The number of hydrogen-bond acceptors (Lipinski definition) is 2. The van der Waals surface area contributed by atoms with Gasteiger partial charge in [0.1, 0.15) is 5.78 Å². The van der Waals surface area contributed by atoms with Crippen LogP contribution in [0.2, 0.25) is 5.02 Å². The molecule has 19 heavy (non-hydrogen) atoms. The molecule has 1 aromatic rings. The number of carbonyl (C=O) groups is 1. The van der Waals surface area contributed by atoms with Crippen LogP contribution in [0.5, 0.6) is 0 Å². The average Bonchev–Trinajstić information content (AvgIpc) is 2.32. The van der Waals surface area contributed by atoms with Gasteiger partial charge in [-0.3, -0.25) is 4.79 Å². The summed E-state index contributed by atoms with van der Waals surface area (Å²) >= 11 is 6.16. The topological polar surface area (TPSA) is 43.1 Å². The molecular formula is C16H24ClNO. The zero-order valence-corrected chi connectivity index (χ0v) is 12.8. The smallest absolute Gasteiger partial charge is 0.140 e. The molecule has 1 aromatic carbocycles. The average molecular weight is 282 g/mol. The SMILES string of the molecule is Cc1ccc(CC(=O)C(C)CCCC(C)N)c(Cl)c1. The Morgan fingerprint density at radius 2 is 2.00 bits per heavy atom. The monoisotopic (exact) mass is 281 g/mol. The number of Topliss-reactive ketones (excluding diaryl/α,β-unsaturated/α-hetero) is 1. The summed E-state index contributed by atoms with van der Waals surface area (Å²) in [6, 6.07) is 6.07. The summed E-state index contributed by atoms with van der Waals surface area (Å²) in [5, 5.41) is 0.691. The molecule has 0 spiro atoms. The lowest BCUT2D eigenvalue weighted by atomic mass is 9.94. The highest BCUT2D eigenvalue weighted by atomic mass is 35.5. The molecule has 3 heteroatoms. The fourth-order valence-electron chi connectivity index (χ4n) is 2.06. The molecule has 1 rings (SSSR count). The highest BCUT2D eigenvalue weighted by molar-refractivity contribution is 6.31. The van der Waals surface area contributed by atoms with Gasteiger partial charge in [-0.15, -0.1) is 0 Å². The fraction of sp³-hybridized carbons (Fsp3) is 0.562. The van der Waals surface area contributed by atoms with E-state index in [4.69, 9.17) is 17.3 Å². The number of halogens is 1. The highest BCUT2D eigenvalue weighted by Gasteiger charge is 2.15. The predicted molar refractivity (Wildman–Crippen MR) is 81.6 cm³/mol. The Bertz CT molecular complexity index is 429. The van der Waals surface area contributed by atoms with Crippen molar-refractivity contribution in [2.75, 3.05) is 0 Å². The maximum Gasteiger partial charge on any atom is 0.140 e. The van der Waals surface area contributed by atoms with Crippen LogP contribution in [-0.4, -0.2) is 11.8 Å². The lowest BCUT2D eigenvalue weighted by Crippen LogP contribution is -2.17. The van der Waals surface area contributed by atoms with Crippen LogP contribution in [0.3, 0.4) is 0 Å². The van der Waals surface area contributed by atoms with Crippen molar-refractivity contribution >= 4 is 17.4 Å². The van der Waals surface area contributed by atoms with E-state index in [1.165, 1.54) is 0 Å². The molecule has 0 heterocycles. The lowest BCUT2D eigenvalue weighted by Gasteiger charge is -2.12. The molecular weight excluding hydrogens is 258 g/mol. The summed E-state index contributed by atoms with van der Waals surface area (Å²) in [6.07, 6.45) is 3.32. The van der Waals surface area contributed by atoms with E-state index in [1.807, 2.05) is 39.0 Å². The van der Waals surface area contributed by atoms with E-state index in [2.05, 4.69) is 0 Å². The minimum atomic E-state index is 0.0797. The van der Waals surface area contributed by atoms with Gasteiger partial charge in [0.05, 0.1) is 0 Å². The Balaban J connectivity index is 2.49. The molecule has 2 N–H and O–H groups in total. The molecule has 106 valence electrons. The Morgan fingerprint density at radius 1 is 1.32 bits per heavy atom. The predicted octanol–water partition coefficient (Wildman–Crippen LogP) is 3.91. The third-order valence-corrected chi connectivity index (χ3v) is 3.77. The van der Waals surface area contributed by atoms with Gasteiger partial charge in [-0.1, -0.05) is 37.1 Å². The van der Waals surface area contributed by atoms with Crippen LogP contribution in [0, 0.1) is 12.8 Å². The van der Waals surface area contributed by atoms with Gasteiger partial charge in [-0.05, 0) is 43.9 Å². The van der Waals surface area contributed by atoms with Crippen molar-refractivity contribution < 1.29 is 4.79 Å². The van der Waals surface area contributed by atoms with Crippen LogP contribution in [0.4, 0.5) is 0 Å². The van der Waals surface area contributed by atoms with E-state index < -0.39 is 0 Å². The number of hydrogen-bond donors (Lipinski definition) is 1. The summed E-state index contributed by atoms with van der Waals surface area (Å²) in [5.41, 5.74) is 7.75. The number of benzene rings is 1. The molecule has 0 saturated carbocycles. The molecule has 2 nitrogen and oxygen atoms in total. The van der Waals surface area contributed by atoms with Crippen molar-refractivity contribution in [2.45, 2.75) is 52.5 Å². The van der Waals surface area contributed by atoms with Crippen LogP contribution in [-0.2, 0) is 11.2 Å². The summed E-state index contributed by atoms with van der Waals surface area (Å²) in [7, 11) is 0. The van der Waals surface area contributed by atoms with E-state index in [0.717, 1.165) is 30.4 Å². The zero-order chi connectivity index (χ0) is 14.4. The van der Waals surface area contributed by atoms with Gasteiger partial charge < -0.3 is 5.73 Å². The van der Waals surface area contributed by atoms with E-state index >= 15 is 0 Å². The molecule has 2 unspecified atom stereocenters. The number of rotatable bonds is 7. The van der Waals surface area contributed by atoms with Crippen LogP contribution in [0.1, 0.15) is 44.2 Å². The summed E-state index contributed by atoms with van der Waals surface area (Å²) in [5.74, 6) is 0.339. The standard InChI is InChI=1S/C16H24ClNO/c1-11-7-8-14(15(17)9-11)10-16(19)12(2)5-4-6-13(3)18/h7-9,12-13H,4-6,10,18H2,1-3H3. The molecule has 0 bridgehead atoms. The van der Waals surface area contributed by atoms with Gasteiger partial charge in [0.25, 0.3) is 0 Å². The Labute approximate surface area is 121 Å². The summed E-state index contributed by atoms with van der Waals surface area (Å²) in [6.45, 7) is 5.98. The van der Waals surface area contributed by atoms with Crippen LogP contribution >= 0.6 is 11.6 Å². The number of aryl methyl sites for hydroxylation is 1. The van der Waals surface area contributed by atoms with Gasteiger partial charge >= 0.3 is 0 Å². The number of carbonyl (C=O) groups excluding carboxylic acids is 1. The third kappa shape index (κ3) is 5.75. The summed E-state index contributed by atoms with van der Waals surface area (Å²) in [4.78, 5) is 12.1. The van der Waals surface area contributed by atoms with E-state index in [-0.39, 0.29) is 17.7 Å². The Hall–Kier alpha value is -0.860. The largest absolute Gasteiger partial charge is 0.328 e. The first kappa shape index (κ1) is 16.2. The molecule has 0 radical (unpaired) electrons. The zero-order valence-electron chi connectivity index (χ0n) is 12.1. The molecule has 0 aliphatic rings. The molecule has 0 fully saturated rings. The van der Waals surface area contributed by atoms with Crippen molar-refractivity contribution in [3.05, 3.63) is 34.3 Å². The minimum absolute atomic E-state index is 0.0797. The van der Waals surface area contributed by atoms with Gasteiger partial charge in [0, 0.05) is 23.4 Å². The summed E-state index contributed by atoms with van der Waals surface area (Å²) < 4.78 is 0. The number of nitrogens with two attached hydrogens (primary N) is 1. The number of ketones is 1. The van der Waals surface area contributed by atoms with Gasteiger partial charge in [-0.25, -0.2) is 0 Å². The second kappa shape index (κ2) is 7.66. The van der Waals surface area contributed by atoms with Crippen LogP contribution in [0.25, 0.3) is 0 Å². The molecule has 0 aliphatic heterocycles. The quantitative estimate of drug-likeness (QED) is 0.823. The lowest BCUT2D eigenvalue weighted by molar-refractivity contribution is -0.121. The van der Waals surface area contributed by atoms with E-state index in [9.17, 15) is 4.79 Å². The Morgan fingerprint density at radius 3 is 2.58 bits per heavy atom. The molecule has 0 amide bonds. The van der Waals surface area contributed by atoms with Gasteiger partial charge in [0.15, 0.2) is 0 Å². The maximum absolute atomic E-state index is 12.1. The Kier molecular flexibility index (Phi) is 6.53. The van der Waals surface area contributed by atoms with E-state index in [0.29, 0.717) is 11.4 Å². The minimum Gasteiger partial charge on any atom is -0.328 e. The second-order valence-corrected chi connectivity index (χ2v) is 5.95. The van der Waals surface area contributed by atoms with Crippen molar-refractivity contribution in [2.24, 2.45) is 11.7 Å². The van der Waals surface area contributed by atoms with Crippen LogP contribution < -0.4 is 5.73 Å². The van der Waals surface area contributed by atoms with Crippen molar-refractivity contribution in [3.63, 3.8) is 0 Å². The second-order valence-electron chi connectivity index (χ2n) is 5.55. The van der Waals surface area contributed by atoms with Crippen molar-refractivity contribution in [1.29, 1.82) is 0 Å². The third-order valence-electron chi connectivity index (χ3n) is 3.42. The maximum atomic E-state index is 12.1. The normalized spacial score (nSPS) is 14.2. The van der Waals surface area contributed by atoms with Crippen LogP contribution in [0.15, 0.2) is 18.2 Å². The van der Waals surface area contributed by atoms with E-state index in [1.54, 1.807) is 0 Å². The molecule has 0 saturated heterocycles.